The van der Waals surface area contributed by atoms with Crippen LogP contribution in [0.15, 0.2) is 43.0 Å². The highest BCUT2D eigenvalue weighted by atomic mass is 15.3. The zero-order valence-corrected chi connectivity index (χ0v) is 14.2. The molecule has 0 amide bonds. The van der Waals surface area contributed by atoms with Gasteiger partial charge < -0.3 is 4.98 Å². The zero-order chi connectivity index (χ0) is 16.5. The minimum atomic E-state index is 0.381. The summed E-state index contributed by atoms with van der Waals surface area (Å²) in [6.07, 6.45) is 7.77. The van der Waals surface area contributed by atoms with Crippen molar-refractivity contribution in [1.29, 1.82) is 0 Å². The van der Waals surface area contributed by atoms with Crippen molar-refractivity contribution in [2.75, 3.05) is 6.54 Å². The molecule has 0 saturated carbocycles. The van der Waals surface area contributed by atoms with E-state index in [1.54, 1.807) is 0 Å². The topological polar surface area (TPSA) is 49.7 Å². The third-order valence-electron chi connectivity index (χ3n) is 4.90. The predicted molar refractivity (Wildman–Crippen MR) is 94.0 cm³/mol. The Balaban J connectivity index is 1.67. The first kappa shape index (κ1) is 15.1. The summed E-state index contributed by atoms with van der Waals surface area (Å²) in [5.41, 5.74) is 6.28. The predicted octanol–water partition coefficient (Wildman–Crippen LogP) is 3.41. The van der Waals surface area contributed by atoms with Gasteiger partial charge in [0.15, 0.2) is 0 Å². The van der Waals surface area contributed by atoms with Crippen LogP contribution >= 0.6 is 0 Å². The number of aromatic nitrogens is 4. The smallest absolute Gasteiger partial charge is 0.0925 e. The molecule has 5 heteroatoms. The number of aromatic amines is 1. The second kappa shape index (κ2) is 6.24. The molecule has 5 nitrogen and oxygen atoms in total. The second-order valence-electron chi connectivity index (χ2n) is 6.49. The van der Waals surface area contributed by atoms with Gasteiger partial charge in [-0.1, -0.05) is 24.6 Å². The molecule has 1 aliphatic rings. The number of rotatable bonds is 4. The highest BCUT2D eigenvalue weighted by Crippen LogP contribution is 2.32. The van der Waals surface area contributed by atoms with Gasteiger partial charge in [0.1, 0.15) is 0 Å². The molecule has 124 valence electrons. The first-order chi connectivity index (χ1) is 11.8. The van der Waals surface area contributed by atoms with Gasteiger partial charge in [-0.2, -0.15) is 5.10 Å². The maximum atomic E-state index is 4.58. The molecular weight excluding hydrogens is 298 g/mol. The van der Waals surface area contributed by atoms with Crippen molar-refractivity contribution < 1.29 is 0 Å². The van der Waals surface area contributed by atoms with Crippen LogP contribution < -0.4 is 0 Å². The molecule has 0 bridgehead atoms. The van der Waals surface area contributed by atoms with Crippen molar-refractivity contribution in [3.8, 4) is 5.69 Å². The summed E-state index contributed by atoms with van der Waals surface area (Å²) < 4.78 is 1.96. The molecule has 2 aromatic heterocycles. The van der Waals surface area contributed by atoms with E-state index in [1.165, 1.54) is 22.5 Å². The molecular formula is C19H23N5. The fraction of sp³-hybridized carbons (Fsp3) is 0.368. The quantitative estimate of drug-likeness (QED) is 0.801. The molecule has 1 aliphatic heterocycles. The average Bonchev–Trinajstić information content (AvgIpc) is 3.26. The van der Waals surface area contributed by atoms with Crippen LogP contribution in [-0.2, 0) is 13.0 Å². The monoisotopic (exact) mass is 321 g/mol. The minimum absolute atomic E-state index is 0.381. The van der Waals surface area contributed by atoms with Crippen molar-refractivity contribution in [2.45, 2.75) is 39.3 Å². The molecule has 0 radical (unpaired) electrons. The van der Waals surface area contributed by atoms with Gasteiger partial charge in [-0.05, 0) is 31.0 Å². The maximum absolute atomic E-state index is 4.58. The third-order valence-corrected chi connectivity index (χ3v) is 4.90. The van der Waals surface area contributed by atoms with E-state index in [0.717, 1.165) is 31.6 Å². The molecule has 3 heterocycles. The minimum Gasteiger partial charge on any atom is -0.348 e. The Hall–Kier alpha value is -2.40. The Morgan fingerprint density at radius 2 is 2.25 bits per heavy atom. The number of H-pyrrole nitrogens is 1. The number of imidazole rings is 1. The number of hydrogen-bond acceptors (Lipinski definition) is 3. The van der Waals surface area contributed by atoms with Crippen LogP contribution in [-0.4, -0.2) is 31.2 Å². The molecule has 0 aliphatic carbocycles. The molecule has 1 atom stereocenters. The third kappa shape index (κ3) is 2.65. The average molecular weight is 321 g/mol. The Morgan fingerprint density at radius 3 is 3.04 bits per heavy atom. The van der Waals surface area contributed by atoms with E-state index in [9.17, 15) is 0 Å². The fourth-order valence-corrected chi connectivity index (χ4v) is 3.74. The van der Waals surface area contributed by atoms with Crippen LogP contribution in [0.1, 0.15) is 41.9 Å². The van der Waals surface area contributed by atoms with E-state index in [2.05, 4.69) is 52.0 Å². The van der Waals surface area contributed by atoms with Crippen LogP contribution in [0.3, 0.4) is 0 Å². The van der Waals surface area contributed by atoms with Gasteiger partial charge in [0.05, 0.1) is 23.8 Å². The van der Waals surface area contributed by atoms with Crippen molar-refractivity contribution in [3.63, 3.8) is 0 Å². The van der Waals surface area contributed by atoms with Gasteiger partial charge in [0.2, 0.25) is 0 Å². The summed E-state index contributed by atoms with van der Waals surface area (Å²) in [5, 5.41) is 4.42. The van der Waals surface area contributed by atoms with Crippen molar-refractivity contribution in [1.82, 2.24) is 24.6 Å². The lowest BCUT2D eigenvalue weighted by atomic mass is 9.99. The summed E-state index contributed by atoms with van der Waals surface area (Å²) in [7, 11) is 0. The summed E-state index contributed by atoms with van der Waals surface area (Å²) >= 11 is 0. The SMILES string of the molecule is CC[C@H]1c2nc[nH]c2CCN1Cc1cc(C)ccc1-n1cccn1. The Morgan fingerprint density at radius 1 is 1.33 bits per heavy atom. The zero-order valence-electron chi connectivity index (χ0n) is 14.2. The normalized spacial score (nSPS) is 17.8. The van der Waals surface area contributed by atoms with Gasteiger partial charge in [-0.15, -0.1) is 0 Å². The first-order valence-electron chi connectivity index (χ1n) is 8.62. The number of aryl methyl sites for hydroxylation is 1. The molecule has 0 saturated heterocycles. The second-order valence-corrected chi connectivity index (χ2v) is 6.49. The molecule has 24 heavy (non-hydrogen) atoms. The molecule has 3 aromatic rings. The molecule has 1 N–H and O–H groups in total. The summed E-state index contributed by atoms with van der Waals surface area (Å²) in [5.74, 6) is 0. The largest absolute Gasteiger partial charge is 0.348 e. The van der Waals surface area contributed by atoms with Crippen LogP contribution in [0.4, 0.5) is 0 Å². The van der Waals surface area contributed by atoms with Gasteiger partial charge in [0, 0.05) is 37.6 Å². The van der Waals surface area contributed by atoms with Crippen molar-refractivity contribution in [3.05, 3.63) is 65.5 Å². The lowest BCUT2D eigenvalue weighted by Crippen LogP contribution is -2.35. The molecule has 0 fully saturated rings. The Kier molecular flexibility index (Phi) is 3.94. The molecule has 4 rings (SSSR count). The standard InChI is InChI=1S/C19H23N5/c1-3-17-19-16(20-13-21-19)7-10-23(17)12-15-11-14(2)5-6-18(15)24-9-4-8-22-24/h4-6,8-9,11,13,17H,3,7,10,12H2,1-2H3,(H,20,21)/t17-/m0/s1. The Labute approximate surface area is 142 Å². The fourth-order valence-electron chi connectivity index (χ4n) is 3.74. The first-order valence-corrected chi connectivity index (χ1v) is 8.62. The number of hydrogen-bond donors (Lipinski definition) is 1. The van der Waals surface area contributed by atoms with Gasteiger partial charge in [-0.3, -0.25) is 4.90 Å². The molecule has 1 aromatic carbocycles. The van der Waals surface area contributed by atoms with Crippen LogP contribution in [0.25, 0.3) is 5.69 Å². The van der Waals surface area contributed by atoms with Crippen LogP contribution in [0.5, 0.6) is 0 Å². The van der Waals surface area contributed by atoms with E-state index in [0.29, 0.717) is 6.04 Å². The highest BCUT2D eigenvalue weighted by molar-refractivity contribution is 5.43. The molecule has 0 spiro atoms. The van der Waals surface area contributed by atoms with Crippen molar-refractivity contribution in [2.24, 2.45) is 0 Å². The molecule has 0 unspecified atom stereocenters. The number of benzene rings is 1. The Bertz CT molecular complexity index is 818. The maximum Gasteiger partial charge on any atom is 0.0925 e. The van der Waals surface area contributed by atoms with Gasteiger partial charge in [-0.25, -0.2) is 9.67 Å². The summed E-state index contributed by atoms with van der Waals surface area (Å²) in [4.78, 5) is 10.4. The lowest BCUT2D eigenvalue weighted by Gasteiger charge is -2.34. The lowest BCUT2D eigenvalue weighted by molar-refractivity contribution is 0.167. The van der Waals surface area contributed by atoms with Crippen molar-refractivity contribution >= 4 is 0 Å². The van der Waals surface area contributed by atoms with E-state index in [4.69, 9.17) is 0 Å². The van der Waals surface area contributed by atoms with E-state index < -0.39 is 0 Å². The van der Waals surface area contributed by atoms with Gasteiger partial charge >= 0.3 is 0 Å². The van der Waals surface area contributed by atoms with E-state index in [-0.39, 0.29) is 0 Å². The number of nitrogens with zero attached hydrogens (tertiary/aromatic N) is 4. The summed E-state index contributed by atoms with van der Waals surface area (Å²) in [6.45, 7) is 6.36. The van der Waals surface area contributed by atoms with E-state index in [1.807, 2.05) is 29.5 Å². The van der Waals surface area contributed by atoms with Crippen LogP contribution in [0, 0.1) is 6.92 Å². The van der Waals surface area contributed by atoms with E-state index >= 15 is 0 Å². The van der Waals surface area contributed by atoms with Crippen LogP contribution in [0.2, 0.25) is 0 Å². The summed E-state index contributed by atoms with van der Waals surface area (Å²) in [6, 6.07) is 8.95. The highest BCUT2D eigenvalue weighted by Gasteiger charge is 2.28. The number of fused-ring (bicyclic) bond motifs is 1. The van der Waals surface area contributed by atoms with Gasteiger partial charge in [0.25, 0.3) is 0 Å². The number of nitrogens with one attached hydrogen (secondary N) is 1.